The molecule has 0 aliphatic rings. The molecule has 0 saturated heterocycles. The fourth-order valence-electron chi connectivity index (χ4n) is 5.37. The highest BCUT2D eigenvalue weighted by Gasteiger charge is 1.97. The minimum atomic E-state index is 1.31. The summed E-state index contributed by atoms with van der Waals surface area (Å²) in [5.74, 6) is 0. The van der Waals surface area contributed by atoms with E-state index in [4.69, 9.17) is 0 Å². The second kappa shape index (κ2) is 14.8. The van der Waals surface area contributed by atoms with E-state index in [1.54, 1.807) is 0 Å². The molecule has 0 radical (unpaired) electrons. The van der Waals surface area contributed by atoms with E-state index in [2.05, 4.69) is 198 Å². The summed E-state index contributed by atoms with van der Waals surface area (Å²) >= 11 is 0. The van der Waals surface area contributed by atoms with Crippen LogP contribution in [0.5, 0.6) is 0 Å². The van der Waals surface area contributed by atoms with Crippen molar-refractivity contribution in [3.63, 3.8) is 0 Å². The predicted octanol–water partition coefficient (Wildman–Crippen LogP) is 12.6. The van der Waals surface area contributed by atoms with Gasteiger partial charge in [0, 0.05) is 0 Å². The van der Waals surface area contributed by atoms with Crippen molar-refractivity contribution in [3.8, 4) is 0 Å². The molecule has 0 aliphatic heterocycles. The average molecular weight is 569 g/mol. The fourth-order valence-corrected chi connectivity index (χ4v) is 5.37. The van der Waals surface area contributed by atoms with E-state index in [0.29, 0.717) is 0 Å². The highest BCUT2D eigenvalue weighted by molar-refractivity contribution is 5.87. The Morgan fingerprint density at radius 3 is 1.25 bits per heavy atom. The molecule has 0 fully saturated rings. The first-order valence-electron chi connectivity index (χ1n) is 15.3. The zero-order valence-corrected chi connectivity index (χ0v) is 26.2. The van der Waals surface area contributed by atoms with Gasteiger partial charge in [-0.2, -0.15) is 0 Å². The Morgan fingerprint density at radius 2 is 0.682 bits per heavy atom. The Labute approximate surface area is 262 Å². The second-order valence-corrected chi connectivity index (χ2v) is 11.2. The molecule has 0 nitrogen and oxygen atoms in total. The molecule has 0 unspecified atom stereocenters. The molecule has 0 amide bonds. The van der Waals surface area contributed by atoms with Crippen LogP contribution in [-0.2, 0) is 0 Å². The van der Waals surface area contributed by atoms with Crippen molar-refractivity contribution in [1.29, 1.82) is 0 Å². The van der Waals surface area contributed by atoms with Crippen molar-refractivity contribution in [2.45, 2.75) is 27.7 Å². The number of hydrogen-bond donors (Lipinski definition) is 0. The van der Waals surface area contributed by atoms with Gasteiger partial charge in [-0.15, -0.1) is 0 Å². The first-order valence-corrected chi connectivity index (χ1v) is 15.3. The monoisotopic (exact) mass is 568 g/mol. The molecule has 0 heteroatoms. The number of benzene rings is 8. The van der Waals surface area contributed by atoms with Gasteiger partial charge in [0.1, 0.15) is 0 Å². The van der Waals surface area contributed by atoms with E-state index in [-0.39, 0.29) is 0 Å². The molecule has 0 atom stereocenters. The third-order valence-corrected chi connectivity index (χ3v) is 8.04. The van der Waals surface area contributed by atoms with Crippen molar-refractivity contribution in [2.75, 3.05) is 0 Å². The first-order chi connectivity index (χ1) is 21.5. The molecule has 44 heavy (non-hydrogen) atoms. The molecule has 8 aromatic carbocycles. The quantitative estimate of drug-likeness (QED) is 0.171. The van der Waals surface area contributed by atoms with Crippen LogP contribution >= 0.6 is 0 Å². The molecule has 0 aliphatic carbocycles. The molecular formula is C44H40. The minimum Gasteiger partial charge on any atom is -0.0616 e. The molecule has 8 rings (SSSR count). The summed E-state index contributed by atoms with van der Waals surface area (Å²) in [5, 5.41) is 10.7. The van der Waals surface area contributed by atoms with Crippen LogP contribution in [0.4, 0.5) is 0 Å². The summed E-state index contributed by atoms with van der Waals surface area (Å²) in [6.45, 7) is 8.59. The van der Waals surface area contributed by atoms with Crippen LogP contribution in [0.1, 0.15) is 22.3 Å². The molecule has 0 heterocycles. The SMILES string of the molecule is Cc1ccc2ccccc2c1.Cc1ccc2ccccc2c1C.Cc1cccc2ccccc12.c1ccc2ccccc2c1. The molecular weight excluding hydrogens is 528 g/mol. The van der Waals surface area contributed by atoms with Crippen LogP contribution in [0.2, 0.25) is 0 Å². The van der Waals surface area contributed by atoms with Crippen molar-refractivity contribution >= 4 is 43.1 Å². The van der Waals surface area contributed by atoms with Crippen molar-refractivity contribution in [2.24, 2.45) is 0 Å². The first kappa shape index (κ1) is 30.3. The van der Waals surface area contributed by atoms with Crippen LogP contribution in [0, 0.1) is 27.7 Å². The van der Waals surface area contributed by atoms with Crippen molar-refractivity contribution < 1.29 is 0 Å². The molecule has 0 saturated carbocycles. The number of aryl methyl sites for hydroxylation is 4. The van der Waals surface area contributed by atoms with E-state index in [1.807, 2.05) is 0 Å². The Bertz CT molecular complexity index is 2040. The van der Waals surface area contributed by atoms with Gasteiger partial charge in [-0.1, -0.05) is 175 Å². The van der Waals surface area contributed by atoms with E-state index < -0.39 is 0 Å². The maximum atomic E-state index is 2.20. The lowest BCUT2D eigenvalue weighted by Gasteiger charge is -2.04. The van der Waals surface area contributed by atoms with Gasteiger partial charge in [0.15, 0.2) is 0 Å². The maximum Gasteiger partial charge on any atom is -0.0152 e. The maximum absolute atomic E-state index is 2.20. The lowest BCUT2D eigenvalue weighted by Crippen LogP contribution is -1.82. The Balaban J connectivity index is 0.000000117. The largest absolute Gasteiger partial charge is 0.0616 e. The lowest BCUT2D eigenvalue weighted by molar-refractivity contribution is 1.38. The van der Waals surface area contributed by atoms with Crippen molar-refractivity contribution in [3.05, 3.63) is 192 Å². The van der Waals surface area contributed by atoms with Crippen LogP contribution in [0.25, 0.3) is 43.1 Å². The van der Waals surface area contributed by atoms with Gasteiger partial charge in [-0.3, -0.25) is 0 Å². The van der Waals surface area contributed by atoms with Gasteiger partial charge >= 0.3 is 0 Å². The van der Waals surface area contributed by atoms with Crippen LogP contribution in [0.15, 0.2) is 170 Å². The van der Waals surface area contributed by atoms with Gasteiger partial charge in [0.05, 0.1) is 0 Å². The lowest BCUT2D eigenvalue weighted by atomic mass is 10.0. The normalized spacial score (nSPS) is 10.3. The molecule has 216 valence electrons. The highest BCUT2D eigenvalue weighted by Crippen LogP contribution is 2.21. The summed E-state index contributed by atoms with van der Waals surface area (Å²) in [5.41, 5.74) is 5.44. The summed E-state index contributed by atoms with van der Waals surface area (Å²) < 4.78 is 0. The number of rotatable bonds is 0. The Kier molecular flexibility index (Phi) is 10.2. The predicted molar refractivity (Wildman–Crippen MR) is 195 cm³/mol. The fraction of sp³-hybridized carbons (Fsp3) is 0.0909. The Morgan fingerprint density at radius 1 is 0.273 bits per heavy atom. The van der Waals surface area contributed by atoms with Gasteiger partial charge in [0.2, 0.25) is 0 Å². The third kappa shape index (κ3) is 7.79. The molecule has 0 aromatic heterocycles. The topological polar surface area (TPSA) is 0 Å². The second-order valence-electron chi connectivity index (χ2n) is 11.2. The summed E-state index contributed by atoms with van der Waals surface area (Å²) in [6.07, 6.45) is 0. The summed E-state index contributed by atoms with van der Waals surface area (Å²) in [7, 11) is 0. The molecule has 0 N–H and O–H groups in total. The Hall–Kier alpha value is -5.20. The third-order valence-electron chi connectivity index (χ3n) is 8.04. The molecule has 8 aromatic rings. The number of fused-ring (bicyclic) bond motifs is 4. The van der Waals surface area contributed by atoms with E-state index in [9.17, 15) is 0 Å². The van der Waals surface area contributed by atoms with Crippen LogP contribution < -0.4 is 0 Å². The van der Waals surface area contributed by atoms with E-state index in [0.717, 1.165) is 0 Å². The van der Waals surface area contributed by atoms with E-state index >= 15 is 0 Å². The smallest absolute Gasteiger partial charge is 0.0152 e. The number of hydrogen-bond acceptors (Lipinski definition) is 0. The molecule has 0 bridgehead atoms. The van der Waals surface area contributed by atoms with Crippen LogP contribution in [-0.4, -0.2) is 0 Å². The zero-order valence-electron chi connectivity index (χ0n) is 26.2. The van der Waals surface area contributed by atoms with E-state index in [1.165, 1.54) is 65.3 Å². The minimum absolute atomic E-state index is 1.31. The average Bonchev–Trinajstić information content (AvgIpc) is 3.08. The summed E-state index contributed by atoms with van der Waals surface area (Å²) in [6, 6.07) is 59.3. The zero-order chi connectivity index (χ0) is 30.7. The molecule has 0 spiro atoms. The van der Waals surface area contributed by atoms with Crippen molar-refractivity contribution in [1.82, 2.24) is 0 Å². The van der Waals surface area contributed by atoms with Gasteiger partial charge in [0.25, 0.3) is 0 Å². The summed E-state index contributed by atoms with van der Waals surface area (Å²) in [4.78, 5) is 0. The highest BCUT2D eigenvalue weighted by atomic mass is 14.0. The van der Waals surface area contributed by atoms with Gasteiger partial charge in [-0.25, -0.2) is 0 Å². The van der Waals surface area contributed by atoms with Crippen LogP contribution in [0.3, 0.4) is 0 Å². The van der Waals surface area contributed by atoms with Gasteiger partial charge < -0.3 is 0 Å². The van der Waals surface area contributed by atoms with Gasteiger partial charge in [-0.05, 0) is 87.5 Å². The standard InChI is InChI=1S/C12H12.2C11H10.C10H8/c1-9-7-8-11-5-3-4-6-12(11)10(9)2;1-9-5-4-7-10-6-2-3-8-11(9)10;1-9-6-7-10-4-2-3-5-11(10)8-9;1-2-6-10-8-4-3-7-9(10)5-1/h3-8H,1-2H3;2*2-8H,1H3;1-8H.